The van der Waals surface area contributed by atoms with Crippen molar-refractivity contribution in [3.05, 3.63) is 0 Å². The quantitative estimate of drug-likeness (QED) is 0.568. The second-order valence-electron chi connectivity index (χ2n) is 3.33. The second kappa shape index (κ2) is 3.13. The Morgan fingerprint density at radius 2 is 2.33 bits per heavy atom. The monoisotopic (exact) mass is 171 g/mol. The number of piperidine rings is 1. The van der Waals surface area contributed by atoms with Gasteiger partial charge in [0, 0.05) is 13.0 Å². The van der Waals surface area contributed by atoms with Crippen LogP contribution in [0.3, 0.4) is 0 Å². The second-order valence-corrected chi connectivity index (χ2v) is 3.33. The molecule has 1 aliphatic rings. The van der Waals surface area contributed by atoms with Crippen molar-refractivity contribution >= 4 is 11.9 Å². The SMILES string of the molecule is COC(=O)C1(C)CCNC(=O)C1. The van der Waals surface area contributed by atoms with Crippen molar-refractivity contribution in [2.24, 2.45) is 5.41 Å². The highest BCUT2D eigenvalue weighted by Gasteiger charge is 2.38. The number of carbonyl (C=O) groups is 2. The molecule has 12 heavy (non-hydrogen) atoms. The van der Waals surface area contributed by atoms with E-state index in [-0.39, 0.29) is 18.3 Å². The maximum Gasteiger partial charge on any atom is 0.312 e. The van der Waals surface area contributed by atoms with Crippen LogP contribution in [0.15, 0.2) is 0 Å². The fourth-order valence-corrected chi connectivity index (χ4v) is 1.40. The fourth-order valence-electron chi connectivity index (χ4n) is 1.40. The summed E-state index contributed by atoms with van der Waals surface area (Å²) in [6.07, 6.45) is 0.894. The lowest BCUT2D eigenvalue weighted by molar-refractivity contribution is -0.156. The fraction of sp³-hybridized carbons (Fsp3) is 0.750. The van der Waals surface area contributed by atoms with Gasteiger partial charge in [-0.05, 0) is 13.3 Å². The summed E-state index contributed by atoms with van der Waals surface area (Å²) in [6.45, 7) is 2.32. The zero-order chi connectivity index (χ0) is 9.19. The first-order valence-electron chi connectivity index (χ1n) is 3.93. The van der Waals surface area contributed by atoms with Gasteiger partial charge >= 0.3 is 5.97 Å². The van der Waals surface area contributed by atoms with Gasteiger partial charge in [-0.25, -0.2) is 0 Å². The predicted molar refractivity (Wildman–Crippen MR) is 42.4 cm³/mol. The Hall–Kier alpha value is -1.06. The summed E-state index contributed by atoms with van der Waals surface area (Å²) in [6, 6.07) is 0. The number of hydrogen-bond donors (Lipinski definition) is 1. The third-order valence-corrected chi connectivity index (χ3v) is 2.23. The highest BCUT2D eigenvalue weighted by atomic mass is 16.5. The molecule has 1 aliphatic heterocycles. The van der Waals surface area contributed by atoms with Crippen LogP contribution in [-0.2, 0) is 14.3 Å². The van der Waals surface area contributed by atoms with Crippen molar-refractivity contribution in [3.8, 4) is 0 Å². The number of rotatable bonds is 1. The molecule has 0 aliphatic carbocycles. The first-order chi connectivity index (χ1) is 5.58. The van der Waals surface area contributed by atoms with Crippen LogP contribution >= 0.6 is 0 Å². The number of carbonyl (C=O) groups excluding carboxylic acids is 2. The molecule has 1 rings (SSSR count). The molecule has 1 heterocycles. The van der Waals surface area contributed by atoms with E-state index < -0.39 is 5.41 Å². The number of nitrogens with one attached hydrogen (secondary N) is 1. The normalized spacial score (nSPS) is 29.3. The van der Waals surface area contributed by atoms with E-state index in [4.69, 9.17) is 0 Å². The lowest BCUT2D eigenvalue weighted by Gasteiger charge is -2.29. The molecule has 1 N–H and O–H groups in total. The van der Waals surface area contributed by atoms with Gasteiger partial charge in [0.15, 0.2) is 0 Å². The molecule has 0 aromatic rings. The molecule has 1 atom stereocenters. The summed E-state index contributed by atoms with van der Waals surface area (Å²) in [4.78, 5) is 22.2. The van der Waals surface area contributed by atoms with Crippen LogP contribution in [0.4, 0.5) is 0 Å². The number of ether oxygens (including phenoxy) is 1. The van der Waals surface area contributed by atoms with E-state index in [1.54, 1.807) is 6.92 Å². The summed E-state index contributed by atoms with van der Waals surface area (Å²) in [5.41, 5.74) is -0.614. The minimum Gasteiger partial charge on any atom is -0.469 e. The highest BCUT2D eigenvalue weighted by molar-refractivity contribution is 5.86. The van der Waals surface area contributed by atoms with Crippen molar-refractivity contribution in [1.29, 1.82) is 0 Å². The summed E-state index contributed by atoms with van der Waals surface area (Å²) < 4.78 is 4.62. The molecule has 1 fully saturated rings. The minimum atomic E-state index is -0.614. The van der Waals surface area contributed by atoms with Crippen molar-refractivity contribution in [2.45, 2.75) is 19.8 Å². The molecule has 0 aromatic carbocycles. The Labute approximate surface area is 71.3 Å². The van der Waals surface area contributed by atoms with Crippen LogP contribution in [0.25, 0.3) is 0 Å². The summed E-state index contributed by atoms with van der Waals surface area (Å²) in [7, 11) is 1.35. The Balaban J connectivity index is 2.69. The van der Waals surface area contributed by atoms with Gasteiger partial charge in [-0.15, -0.1) is 0 Å². The standard InChI is InChI=1S/C8H13NO3/c1-8(7(11)12-2)3-4-9-6(10)5-8/h3-5H2,1-2H3,(H,9,10). The van der Waals surface area contributed by atoms with Crippen LogP contribution in [0.2, 0.25) is 0 Å². The number of amides is 1. The zero-order valence-electron chi connectivity index (χ0n) is 7.35. The van der Waals surface area contributed by atoms with Gasteiger partial charge in [0.05, 0.1) is 12.5 Å². The van der Waals surface area contributed by atoms with Crippen LogP contribution in [0.5, 0.6) is 0 Å². The van der Waals surface area contributed by atoms with E-state index in [1.165, 1.54) is 7.11 Å². The van der Waals surface area contributed by atoms with E-state index in [0.717, 1.165) is 0 Å². The third-order valence-electron chi connectivity index (χ3n) is 2.23. The van der Waals surface area contributed by atoms with Gasteiger partial charge in [0.2, 0.25) is 5.91 Å². The van der Waals surface area contributed by atoms with Gasteiger partial charge in [-0.3, -0.25) is 9.59 Å². The van der Waals surface area contributed by atoms with Crippen LogP contribution in [-0.4, -0.2) is 25.5 Å². The molecule has 1 saturated heterocycles. The molecule has 0 spiro atoms. The molecule has 4 nitrogen and oxygen atoms in total. The molecule has 1 amide bonds. The van der Waals surface area contributed by atoms with E-state index in [0.29, 0.717) is 13.0 Å². The van der Waals surface area contributed by atoms with Crippen molar-refractivity contribution in [1.82, 2.24) is 5.32 Å². The van der Waals surface area contributed by atoms with Gasteiger partial charge in [-0.2, -0.15) is 0 Å². The molecular weight excluding hydrogens is 158 g/mol. The average molecular weight is 171 g/mol. The number of methoxy groups -OCH3 is 1. The summed E-state index contributed by atoms with van der Waals surface area (Å²) in [5, 5.41) is 2.67. The summed E-state index contributed by atoms with van der Waals surface area (Å²) >= 11 is 0. The Kier molecular flexibility index (Phi) is 2.35. The largest absolute Gasteiger partial charge is 0.469 e. The molecule has 0 radical (unpaired) electrons. The summed E-state index contributed by atoms with van der Waals surface area (Å²) in [5.74, 6) is -0.369. The molecular formula is C8H13NO3. The predicted octanol–water partition coefficient (Wildman–Crippen LogP) is 0.0757. The average Bonchev–Trinajstić information content (AvgIpc) is 2.02. The van der Waals surface area contributed by atoms with E-state index in [9.17, 15) is 9.59 Å². The topological polar surface area (TPSA) is 55.4 Å². The lowest BCUT2D eigenvalue weighted by atomic mass is 9.81. The molecule has 4 heteroatoms. The van der Waals surface area contributed by atoms with Gasteiger partial charge in [0.25, 0.3) is 0 Å². The molecule has 0 bridgehead atoms. The maximum atomic E-state index is 11.2. The minimum absolute atomic E-state index is 0.0749. The lowest BCUT2D eigenvalue weighted by Crippen LogP contribution is -2.44. The van der Waals surface area contributed by atoms with Gasteiger partial charge < -0.3 is 10.1 Å². The van der Waals surface area contributed by atoms with E-state index >= 15 is 0 Å². The van der Waals surface area contributed by atoms with E-state index in [1.807, 2.05) is 0 Å². The Morgan fingerprint density at radius 1 is 1.67 bits per heavy atom. The Morgan fingerprint density at radius 3 is 2.83 bits per heavy atom. The Bertz CT molecular complexity index is 214. The van der Waals surface area contributed by atoms with Crippen LogP contribution in [0.1, 0.15) is 19.8 Å². The number of esters is 1. The smallest absolute Gasteiger partial charge is 0.312 e. The third kappa shape index (κ3) is 1.57. The molecule has 0 saturated carbocycles. The molecule has 68 valence electrons. The highest BCUT2D eigenvalue weighted by Crippen LogP contribution is 2.29. The zero-order valence-corrected chi connectivity index (χ0v) is 7.35. The van der Waals surface area contributed by atoms with Gasteiger partial charge in [0.1, 0.15) is 0 Å². The van der Waals surface area contributed by atoms with Gasteiger partial charge in [-0.1, -0.05) is 0 Å². The molecule has 1 unspecified atom stereocenters. The van der Waals surface area contributed by atoms with Crippen LogP contribution in [0, 0.1) is 5.41 Å². The van der Waals surface area contributed by atoms with Crippen molar-refractivity contribution in [2.75, 3.05) is 13.7 Å². The van der Waals surface area contributed by atoms with E-state index in [2.05, 4.69) is 10.1 Å². The first-order valence-corrected chi connectivity index (χ1v) is 3.93. The van der Waals surface area contributed by atoms with Crippen molar-refractivity contribution in [3.63, 3.8) is 0 Å². The first kappa shape index (κ1) is 9.03. The maximum absolute atomic E-state index is 11.2. The molecule has 0 aromatic heterocycles. The van der Waals surface area contributed by atoms with Crippen molar-refractivity contribution < 1.29 is 14.3 Å². The van der Waals surface area contributed by atoms with Crippen LogP contribution < -0.4 is 5.32 Å². The number of hydrogen-bond acceptors (Lipinski definition) is 3.